The number of nitrogens with zero attached hydrogens (tertiary/aromatic N) is 2. The molecule has 0 amide bonds. The number of likely N-dealkylation sites (N-methyl/N-ethyl adjacent to an activating group) is 1. The van der Waals surface area contributed by atoms with Crippen molar-refractivity contribution in [2.24, 2.45) is 0 Å². The lowest BCUT2D eigenvalue weighted by Crippen LogP contribution is -2.31. The van der Waals surface area contributed by atoms with E-state index in [-0.39, 0.29) is 5.92 Å². The number of nitrogens with one attached hydrogen (secondary N) is 1. The molecule has 0 bridgehead atoms. The second-order valence-electron chi connectivity index (χ2n) is 4.68. The topological polar surface area (TPSA) is 51.0 Å². The fourth-order valence-electron chi connectivity index (χ4n) is 2.30. The first-order valence-electron chi connectivity index (χ1n) is 6.88. The van der Waals surface area contributed by atoms with Crippen molar-refractivity contribution >= 4 is 0 Å². The SMILES string of the molecule is CCNC(C)C(CC)c1nc(-c2ccccc2)no1. The van der Waals surface area contributed by atoms with Crippen LogP contribution in [0, 0.1) is 0 Å². The Morgan fingerprint density at radius 2 is 1.95 bits per heavy atom. The van der Waals surface area contributed by atoms with E-state index in [0.717, 1.165) is 24.4 Å². The van der Waals surface area contributed by atoms with Crippen molar-refractivity contribution in [3.63, 3.8) is 0 Å². The van der Waals surface area contributed by atoms with Gasteiger partial charge in [-0.25, -0.2) is 0 Å². The van der Waals surface area contributed by atoms with Gasteiger partial charge in [-0.3, -0.25) is 0 Å². The zero-order valence-electron chi connectivity index (χ0n) is 11.8. The lowest BCUT2D eigenvalue weighted by Gasteiger charge is -2.19. The molecule has 19 heavy (non-hydrogen) atoms. The first-order valence-corrected chi connectivity index (χ1v) is 6.88. The highest BCUT2D eigenvalue weighted by molar-refractivity contribution is 5.53. The third kappa shape index (κ3) is 3.20. The molecule has 0 aliphatic rings. The maximum Gasteiger partial charge on any atom is 0.231 e. The highest BCUT2D eigenvalue weighted by atomic mass is 16.5. The van der Waals surface area contributed by atoms with Crippen molar-refractivity contribution in [2.75, 3.05) is 6.54 Å². The van der Waals surface area contributed by atoms with Crippen LogP contribution in [-0.2, 0) is 0 Å². The smallest absolute Gasteiger partial charge is 0.231 e. The molecule has 1 aromatic carbocycles. The van der Waals surface area contributed by atoms with E-state index in [2.05, 4.69) is 36.2 Å². The Kier molecular flexibility index (Phi) is 4.68. The fourth-order valence-corrected chi connectivity index (χ4v) is 2.30. The molecule has 1 aromatic heterocycles. The van der Waals surface area contributed by atoms with E-state index in [0.29, 0.717) is 11.9 Å². The Morgan fingerprint density at radius 1 is 1.21 bits per heavy atom. The third-order valence-corrected chi connectivity index (χ3v) is 3.36. The van der Waals surface area contributed by atoms with Gasteiger partial charge in [0, 0.05) is 11.6 Å². The van der Waals surface area contributed by atoms with E-state index in [1.54, 1.807) is 0 Å². The number of rotatable bonds is 6. The summed E-state index contributed by atoms with van der Waals surface area (Å²) in [5.41, 5.74) is 0.989. The van der Waals surface area contributed by atoms with Crippen molar-refractivity contribution in [1.82, 2.24) is 15.5 Å². The van der Waals surface area contributed by atoms with Gasteiger partial charge in [0.2, 0.25) is 11.7 Å². The van der Waals surface area contributed by atoms with Crippen molar-refractivity contribution in [3.05, 3.63) is 36.2 Å². The van der Waals surface area contributed by atoms with E-state index in [1.807, 2.05) is 30.3 Å². The molecule has 0 spiro atoms. The van der Waals surface area contributed by atoms with Crippen LogP contribution in [0.25, 0.3) is 11.4 Å². The van der Waals surface area contributed by atoms with E-state index >= 15 is 0 Å². The Bertz CT molecular complexity index is 495. The summed E-state index contributed by atoms with van der Waals surface area (Å²) in [5.74, 6) is 1.64. The van der Waals surface area contributed by atoms with Gasteiger partial charge in [0.05, 0.1) is 5.92 Å². The summed E-state index contributed by atoms with van der Waals surface area (Å²) in [4.78, 5) is 4.54. The van der Waals surface area contributed by atoms with Crippen molar-refractivity contribution in [3.8, 4) is 11.4 Å². The molecule has 2 aromatic rings. The first-order chi connectivity index (χ1) is 9.26. The van der Waals surface area contributed by atoms with Gasteiger partial charge in [-0.05, 0) is 19.9 Å². The first kappa shape index (κ1) is 13.7. The zero-order valence-corrected chi connectivity index (χ0v) is 11.8. The Hall–Kier alpha value is -1.68. The van der Waals surface area contributed by atoms with Gasteiger partial charge in [0.25, 0.3) is 0 Å². The maximum atomic E-state index is 5.44. The van der Waals surface area contributed by atoms with Gasteiger partial charge in [-0.2, -0.15) is 4.98 Å². The molecule has 0 saturated heterocycles. The molecule has 2 rings (SSSR count). The predicted molar refractivity (Wildman–Crippen MR) is 75.9 cm³/mol. The molecule has 1 N–H and O–H groups in total. The molecule has 2 atom stereocenters. The maximum absolute atomic E-state index is 5.44. The van der Waals surface area contributed by atoms with Crippen LogP contribution in [0.2, 0.25) is 0 Å². The van der Waals surface area contributed by atoms with Crippen LogP contribution < -0.4 is 5.32 Å². The van der Waals surface area contributed by atoms with Gasteiger partial charge < -0.3 is 9.84 Å². The summed E-state index contributed by atoms with van der Waals surface area (Å²) < 4.78 is 5.44. The van der Waals surface area contributed by atoms with E-state index in [1.165, 1.54) is 0 Å². The van der Waals surface area contributed by atoms with Crippen LogP contribution >= 0.6 is 0 Å². The molecule has 0 aliphatic carbocycles. The Balaban J connectivity index is 2.20. The van der Waals surface area contributed by atoms with Crippen LogP contribution in [0.3, 0.4) is 0 Å². The molecular formula is C15H21N3O. The highest BCUT2D eigenvalue weighted by Crippen LogP contribution is 2.24. The van der Waals surface area contributed by atoms with E-state index in [9.17, 15) is 0 Å². The minimum Gasteiger partial charge on any atom is -0.339 e. The highest BCUT2D eigenvalue weighted by Gasteiger charge is 2.23. The van der Waals surface area contributed by atoms with E-state index in [4.69, 9.17) is 4.52 Å². The number of hydrogen-bond donors (Lipinski definition) is 1. The second-order valence-corrected chi connectivity index (χ2v) is 4.68. The van der Waals surface area contributed by atoms with Crippen LogP contribution in [0.5, 0.6) is 0 Å². The van der Waals surface area contributed by atoms with Crippen molar-refractivity contribution in [2.45, 2.75) is 39.2 Å². The normalized spacial score (nSPS) is 14.3. The molecule has 1 heterocycles. The lowest BCUT2D eigenvalue weighted by atomic mass is 9.98. The van der Waals surface area contributed by atoms with Crippen LogP contribution in [0.15, 0.2) is 34.9 Å². The zero-order chi connectivity index (χ0) is 13.7. The average Bonchev–Trinajstić information content (AvgIpc) is 2.90. The summed E-state index contributed by atoms with van der Waals surface area (Å²) in [6, 6.07) is 10.2. The summed E-state index contributed by atoms with van der Waals surface area (Å²) in [7, 11) is 0. The van der Waals surface area contributed by atoms with Gasteiger partial charge in [0.1, 0.15) is 0 Å². The van der Waals surface area contributed by atoms with Gasteiger partial charge in [0.15, 0.2) is 0 Å². The molecule has 4 nitrogen and oxygen atoms in total. The van der Waals surface area contributed by atoms with Gasteiger partial charge in [-0.1, -0.05) is 49.3 Å². The molecule has 0 fully saturated rings. The Morgan fingerprint density at radius 3 is 2.58 bits per heavy atom. The predicted octanol–water partition coefficient (Wildman–Crippen LogP) is 3.23. The summed E-state index contributed by atoms with van der Waals surface area (Å²) in [5, 5.41) is 7.50. The summed E-state index contributed by atoms with van der Waals surface area (Å²) >= 11 is 0. The van der Waals surface area contributed by atoms with Crippen molar-refractivity contribution in [1.29, 1.82) is 0 Å². The summed E-state index contributed by atoms with van der Waals surface area (Å²) in [6.45, 7) is 7.35. The van der Waals surface area contributed by atoms with Gasteiger partial charge >= 0.3 is 0 Å². The lowest BCUT2D eigenvalue weighted by molar-refractivity contribution is 0.318. The molecule has 0 aliphatic heterocycles. The molecular weight excluding hydrogens is 238 g/mol. The monoisotopic (exact) mass is 259 g/mol. The molecule has 0 saturated carbocycles. The van der Waals surface area contributed by atoms with E-state index < -0.39 is 0 Å². The molecule has 102 valence electrons. The van der Waals surface area contributed by atoms with Crippen LogP contribution in [0.4, 0.5) is 0 Å². The second kappa shape index (κ2) is 6.48. The summed E-state index contributed by atoms with van der Waals surface area (Å²) in [6.07, 6.45) is 0.977. The number of hydrogen-bond acceptors (Lipinski definition) is 4. The molecule has 2 unspecified atom stereocenters. The Labute approximate surface area is 114 Å². The fraction of sp³-hybridized carbons (Fsp3) is 0.467. The van der Waals surface area contributed by atoms with Crippen LogP contribution in [0.1, 0.15) is 39.0 Å². The number of aromatic nitrogens is 2. The minimum absolute atomic E-state index is 0.255. The van der Waals surface area contributed by atoms with Gasteiger partial charge in [-0.15, -0.1) is 0 Å². The van der Waals surface area contributed by atoms with Crippen LogP contribution in [-0.4, -0.2) is 22.7 Å². The van der Waals surface area contributed by atoms with Crippen molar-refractivity contribution < 1.29 is 4.52 Å². The standard InChI is InChI=1S/C15H21N3O/c1-4-13(11(3)16-5-2)15-17-14(18-19-15)12-9-7-6-8-10-12/h6-11,13,16H,4-5H2,1-3H3. The molecule has 4 heteroatoms. The molecule has 0 radical (unpaired) electrons. The number of benzene rings is 1. The average molecular weight is 259 g/mol. The minimum atomic E-state index is 0.255. The quantitative estimate of drug-likeness (QED) is 0.865. The third-order valence-electron chi connectivity index (χ3n) is 3.36. The largest absolute Gasteiger partial charge is 0.339 e.